The Labute approximate surface area is 134 Å². The van der Waals surface area contributed by atoms with Crippen LogP contribution in [-0.4, -0.2) is 17.0 Å². The van der Waals surface area contributed by atoms with E-state index in [-0.39, 0.29) is 16.9 Å². The molecule has 0 aromatic carbocycles. The van der Waals surface area contributed by atoms with Crippen molar-refractivity contribution in [3.05, 3.63) is 11.6 Å². The van der Waals surface area contributed by atoms with Gasteiger partial charge in [-0.1, -0.05) is 26.3 Å². The van der Waals surface area contributed by atoms with E-state index in [0.29, 0.717) is 17.6 Å². The predicted octanol–water partition coefficient (Wildman–Crippen LogP) is 4.13. The Morgan fingerprint density at radius 1 is 1.09 bits per heavy atom. The first-order valence-corrected chi connectivity index (χ1v) is 9.24. The number of rotatable bonds is 0. The number of aliphatic hydroxyl groups excluding tert-OH is 1. The summed E-state index contributed by atoms with van der Waals surface area (Å²) in [6.45, 7) is 6.86. The molecule has 6 atom stereocenters. The summed E-state index contributed by atoms with van der Waals surface area (Å²) >= 11 is 0. The van der Waals surface area contributed by atoms with Crippen molar-refractivity contribution in [2.45, 2.75) is 71.8 Å². The average Bonchev–Trinajstić information content (AvgIpc) is 2.66. The highest BCUT2D eigenvalue weighted by Crippen LogP contribution is 2.65. The van der Waals surface area contributed by atoms with Crippen LogP contribution in [0.15, 0.2) is 11.6 Å². The Hall–Kier alpha value is -0.630. The summed E-state index contributed by atoms with van der Waals surface area (Å²) in [5, 5.41) is 10.9. The molecule has 4 rings (SSSR count). The van der Waals surface area contributed by atoms with Gasteiger partial charge in [0, 0.05) is 6.42 Å². The summed E-state index contributed by atoms with van der Waals surface area (Å²) in [6.07, 6.45) is 9.62. The molecule has 0 heterocycles. The van der Waals surface area contributed by atoms with E-state index in [0.717, 1.165) is 31.1 Å². The SMILES string of the molecule is CC1(C)C[C@H]2[C@@H]3CCC4=CC(=O)CCC4[C@H]3CC[C@]2(C)[C@H]1O. The second-order valence-electron chi connectivity index (χ2n) is 9.44. The molecule has 2 nitrogen and oxygen atoms in total. The van der Waals surface area contributed by atoms with Gasteiger partial charge in [-0.25, -0.2) is 0 Å². The van der Waals surface area contributed by atoms with Crippen LogP contribution in [0.3, 0.4) is 0 Å². The Morgan fingerprint density at radius 2 is 1.86 bits per heavy atom. The van der Waals surface area contributed by atoms with Crippen LogP contribution >= 0.6 is 0 Å². The molecule has 0 saturated heterocycles. The third-order valence-corrected chi connectivity index (χ3v) is 7.85. The van der Waals surface area contributed by atoms with E-state index >= 15 is 0 Å². The number of hydrogen-bond donors (Lipinski definition) is 1. The van der Waals surface area contributed by atoms with Crippen LogP contribution in [0.1, 0.15) is 65.7 Å². The highest BCUT2D eigenvalue weighted by Gasteiger charge is 2.61. The fourth-order valence-corrected chi connectivity index (χ4v) is 6.82. The van der Waals surface area contributed by atoms with Gasteiger partial charge in [-0.05, 0) is 79.1 Å². The first kappa shape index (κ1) is 14.9. The fourth-order valence-electron chi connectivity index (χ4n) is 6.82. The van der Waals surface area contributed by atoms with Crippen molar-refractivity contribution < 1.29 is 9.90 Å². The van der Waals surface area contributed by atoms with Crippen molar-refractivity contribution in [3.8, 4) is 0 Å². The standard InChI is InChI=1S/C20H30O2/c1-19(2)11-17-16-6-4-12-10-13(21)5-7-14(12)15(16)8-9-20(17,3)18(19)22/h10,14-18,22H,4-9,11H2,1-3H3/t14?,15-,16-,17+,18+,20+/m1/s1. The summed E-state index contributed by atoms with van der Waals surface area (Å²) in [5.41, 5.74) is 1.64. The lowest BCUT2D eigenvalue weighted by Gasteiger charge is -2.53. The minimum Gasteiger partial charge on any atom is -0.392 e. The normalized spacial score (nSPS) is 49.9. The lowest BCUT2D eigenvalue weighted by molar-refractivity contribution is -0.116. The second-order valence-corrected chi connectivity index (χ2v) is 9.44. The van der Waals surface area contributed by atoms with Gasteiger partial charge in [-0.2, -0.15) is 0 Å². The summed E-state index contributed by atoms with van der Waals surface area (Å²) in [4.78, 5) is 11.7. The molecule has 0 aliphatic heterocycles. The molecule has 2 heteroatoms. The van der Waals surface area contributed by atoms with Gasteiger partial charge in [-0.3, -0.25) is 4.79 Å². The fraction of sp³-hybridized carbons (Fsp3) is 0.850. The van der Waals surface area contributed by atoms with Crippen molar-refractivity contribution in [1.29, 1.82) is 0 Å². The molecule has 122 valence electrons. The largest absolute Gasteiger partial charge is 0.392 e. The number of allylic oxidation sites excluding steroid dienone is 1. The van der Waals surface area contributed by atoms with Gasteiger partial charge in [0.25, 0.3) is 0 Å². The van der Waals surface area contributed by atoms with E-state index in [1.807, 2.05) is 6.08 Å². The quantitative estimate of drug-likeness (QED) is 0.730. The molecule has 0 aromatic rings. The minimum atomic E-state index is -0.157. The number of ketones is 1. The lowest BCUT2D eigenvalue weighted by atomic mass is 9.52. The van der Waals surface area contributed by atoms with E-state index < -0.39 is 0 Å². The Kier molecular flexibility index (Phi) is 3.18. The summed E-state index contributed by atoms with van der Waals surface area (Å²) in [5.74, 6) is 3.23. The van der Waals surface area contributed by atoms with Crippen molar-refractivity contribution in [2.24, 2.45) is 34.5 Å². The molecule has 0 spiro atoms. The van der Waals surface area contributed by atoms with Gasteiger partial charge in [0.15, 0.2) is 5.78 Å². The minimum absolute atomic E-state index is 0.0625. The van der Waals surface area contributed by atoms with Gasteiger partial charge in [0.1, 0.15) is 0 Å². The maximum atomic E-state index is 11.7. The van der Waals surface area contributed by atoms with Crippen molar-refractivity contribution in [3.63, 3.8) is 0 Å². The molecule has 0 bridgehead atoms. The Balaban J connectivity index is 1.65. The van der Waals surface area contributed by atoms with E-state index in [1.165, 1.54) is 31.3 Å². The molecule has 0 radical (unpaired) electrons. The van der Waals surface area contributed by atoms with Crippen LogP contribution in [0.5, 0.6) is 0 Å². The molecular formula is C20H30O2. The molecule has 4 aliphatic rings. The van der Waals surface area contributed by atoms with Crippen LogP contribution in [0.25, 0.3) is 0 Å². The smallest absolute Gasteiger partial charge is 0.155 e. The number of fused-ring (bicyclic) bond motifs is 5. The van der Waals surface area contributed by atoms with Gasteiger partial charge in [0.05, 0.1) is 6.10 Å². The molecule has 3 fully saturated rings. The highest BCUT2D eigenvalue weighted by molar-refractivity contribution is 5.91. The lowest BCUT2D eigenvalue weighted by Crippen LogP contribution is -2.48. The zero-order valence-electron chi connectivity index (χ0n) is 14.3. The van der Waals surface area contributed by atoms with E-state index in [2.05, 4.69) is 20.8 Å². The van der Waals surface area contributed by atoms with Crippen LogP contribution in [0.2, 0.25) is 0 Å². The first-order valence-electron chi connectivity index (χ1n) is 9.24. The Bertz CT molecular complexity index is 532. The highest BCUT2D eigenvalue weighted by atomic mass is 16.3. The molecule has 1 unspecified atom stereocenters. The van der Waals surface area contributed by atoms with Gasteiger partial charge in [0.2, 0.25) is 0 Å². The molecule has 22 heavy (non-hydrogen) atoms. The van der Waals surface area contributed by atoms with Crippen LogP contribution in [-0.2, 0) is 4.79 Å². The third-order valence-electron chi connectivity index (χ3n) is 7.85. The van der Waals surface area contributed by atoms with Crippen LogP contribution in [0.4, 0.5) is 0 Å². The number of aliphatic hydroxyl groups is 1. The number of carbonyl (C=O) groups excluding carboxylic acids is 1. The molecule has 1 N–H and O–H groups in total. The van der Waals surface area contributed by atoms with Crippen molar-refractivity contribution in [2.75, 3.05) is 0 Å². The third kappa shape index (κ3) is 1.92. The monoisotopic (exact) mass is 302 g/mol. The first-order chi connectivity index (χ1) is 10.3. The Morgan fingerprint density at radius 3 is 2.64 bits per heavy atom. The number of carbonyl (C=O) groups is 1. The van der Waals surface area contributed by atoms with Crippen LogP contribution < -0.4 is 0 Å². The van der Waals surface area contributed by atoms with E-state index in [4.69, 9.17) is 0 Å². The summed E-state index contributed by atoms with van der Waals surface area (Å²) in [7, 11) is 0. The molecule has 0 amide bonds. The zero-order valence-corrected chi connectivity index (χ0v) is 14.3. The topological polar surface area (TPSA) is 37.3 Å². The molecule has 0 aromatic heterocycles. The van der Waals surface area contributed by atoms with Gasteiger partial charge < -0.3 is 5.11 Å². The zero-order chi connectivity index (χ0) is 15.7. The maximum absolute atomic E-state index is 11.7. The molecule has 3 saturated carbocycles. The maximum Gasteiger partial charge on any atom is 0.155 e. The summed E-state index contributed by atoms with van der Waals surface area (Å²) in [6, 6.07) is 0. The second kappa shape index (κ2) is 4.69. The molecular weight excluding hydrogens is 272 g/mol. The molecule has 4 aliphatic carbocycles. The van der Waals surface area contributed by atoms with Crippen molar-refractivity contribution in [1.82, 2.24) is 0 Å². The van der Waals surface area contributed by atoms with Gasteiger partial charge in [-0.15, -0.1) is 0 Å². The average molecular weight is 302 g/mol. The van der Waals surface area contributed by atoms with E-state index in [1.54, 1.807) is 0 Å². The van der Waals surface area contributed by atoms with Crippen molar-refractivity contribution >= 4 is 5.78 Å². The van der Waals surface area contributed by atoms with Crippen LogP contribution in [0, 0.1) is 34.5 Å². The van der Waals surface area contributed by atoms with Gasteiger partial charge >= 0.3 is 0 Å². The summed E-state index contributed by atoms with van der Waals surface area (Å²) < 4.78 is 0. The predicted molar refractivity (Wildman–Crippen MR) is 87.3 cm³/mol. The van der Waals surface area contributed by atoms with E-state index in [9.17, 15) is 9.90 Å². The number of hydrogen-bond acceptors (Lipinski definition) is 2.